The van der Waals surface area contributed by atoms with Gasteiger partial charge in [0, 0.05) is 5.69 Å². The minimum absolute atomic E-state index is 0. The summed E-state index contributed by atoms with van der Waals surface area (Å²) in [5.41, 5.74) is 10.6. The summed E-state index contributed by atoms with van der Waals surface area (Å²) in [6.45, 7) is 3.68. The highest BCUT2D eigenvalue weighted by molar-refractivity contribution is 14.0. The number of anilines is 1. The van der Waals surface area contributed by atoms with Crippen molar-refractivity contribution in [1.82, 2.24) is 0 Å². The number of sulfone groups is 1. The molecule has 0 radical (unpaired) electrons. The summed E-state index contributed by atoms with van der Waals surface area (Å²) < 4.78 is 25.0. The lowest BCUT2D eigenvalue weighted by Gasteiger charge is -2.12. The van der Waals surface area contributed by atoms with Gasteiger partial charge in [-0.2, -0.15) is 0 Å². The number of aryl methyl sites for hydroxylation is 3. The molecular weight excluding hydrogens is 473 g/mol. The average Bonchev–Trinajstić information content (AvgIpc) is 3.02. The summed E-state index contributed by atoms with van der Waals surface area (Å²) in [5, 5.41) is 3.07. The van der Waals surface area contributed by atoms with Gasteiger partial charge in [0.15, 0.2) is 15.8 Å². The zero-order valence-corrected chi connectivity index (χ0v) is 18.8. The second kappa shape index (κ2) is 9.05. The van der Waals surface area contributed by atoms with Crippen LogP contribution in [0, 0.1) is 6.92 Å². The lowest BCUT2D eigenvalue weighted by molar-refractivity contribution is 0.590. The molecule has 0 bridgehead atoms. The Kier molecular flexibility index (Phi) is 7.27. The van der Waals surface area contributed by atoms with Crippen molar-refractivity contribution in [2.45, 2.75) is 44.0 Å². The third kappa shape index (κ3) is 5.68. The van der Waals surface area contributed by atoms with E-state index in [0.29, 0.717) is 4.90 Å². The standard InChI is InChI=1S/C20H25N3O2S.HI/c1-14-6-10-19(11-7-14)26(24,25)13-15(2)22-20(21)23-18-9-8-16-4-3-5-17(16)12-18;/h6-12,15H,3-5,13H2,1-2H3,(H3,21,22,23);1H. The molecule has 0 saturated heterocycles. The van der Waals surface area contributed by atoms with E-state index in [0.717, 1.165) is 24.1 Å². The van der Waals surface area contributed by atoms with Crippen molar-refractivity contribution in [2.24, 2.45) is 10.7 Å². The Balaban J connectivity index is 0.00000261. The van der Waals surface area contributed by atoms with E-state index in [1.54, 1.807) is 31.2 Å². The molecule has 0 aromatic heterocycles. The molecule has 0 spiro atoms. The predicted molar refractivity (Wildman–Crippen MR) is 122 cm³/mol. The molecule has 0 amide bonds. The highest BCUT2D eigenvalue weighted by Gasteiger charge is 2.18. The van der Waals surface area contributed by atoms with E-state index in [1.165, 1.54) is 17.5 Å². The van der Waals surface area contributed by atoms with Crippen molar-refractivity contribution in [1.29, 1.82) is 0 Å². The van der Waals surface area contributed by atoms with E-state index in [4.69, 9.17) is 5.73 Å². The molecule has 3 N–H and O–H groups in total. The quantitative estimate of drug-likeness (QED) is 0.374. The maximum absolute atomic E-state index is 12.5. The average molecular weight is 499 g/mol. The summed E-state index contributed by atoms with van der Waals surface area (Å²) in [6, 6.07) is 12.6. The Morgan fingerprint density at radius 1 is 1.15 bits per heavy atom. The van der Waals surface area contributed by atoms with Crippen molar-refractivity contribution in [2.75, 3.05) is 11.1 Å². The molecule has 146 valence electrons. The van der Waals surface area contributed by atoms with Crippen LogP contribution in [0.2, 0.25) is 0 Å². The number of guanidine groups is 1. The fourth-order valence-electron chi connectivity index (χ4n) is 3.26. The van der Waals surface area contributed by atoms with E-state index in [1.807, 2.05) is 13.0 Å². The molecule has 0 aliphatic heterocycles. The molecule has 3 rings (SSSR count). The summed E-state index contributed by atoms with van der Waals surface area (Å²) in [5.74, 6) is 0.150. The van der Waals surface area contributed by atoms with Gasteiger partial charge in [-0.3, -0.25) is 0 Å². The van der Waals surface area contributed by atoms with Gasteiger partial charge in [-0.15, -0.1) is 24.0 Å². The normalized spacial score (nSPS) is 15.0. The zero-order valence-electron chi connectivity index (χ0n) is 15.6. The fraction of sp³-hybridized carbons (Fsp3) is 0.350. The van der Waals surface area contributed by atoms with E-state index < -0.39 is 15.9 Å². The van der Waals surface area contributed by atoms with Crippen molar-refractivity contribution in [3.63, 3.8) is 0 Å². The second-order valence-corrected chi connectivity index (χ2v) is 8.95. The third-order valence-corrected chi connectivity index (χ3v) is 6.48. The predicted octanol–water partition coefficient (Wildman–Crippen LogP) is 3.69. The maximum Gasteiger partial charge on any atom is 0.193 e. The summed E-state index contributed by atoms with van der Waals surface area (Å²) in [4.78, 5) is 4.61. The van der Waals surface area contributed by atoms with Gasteiger partial charge in [0.25, 0.3) is 0 Å². The van der Waals surface area contributed by atoms with Gasteiger partial charge in [-0.1, -0.05) is 23.8 Å². The minimum atomic E-state index is -3.39. The lowest BCUT2D eigenvalue weighted by Crippen LogP contribution is -2.27. The molecule has 1 aliphatic carbocycles. The third-order valence-electron chi connectivity index (χ3n) is 4.57. The summed E-state index contributed by atoms with van der Waals surface area (Å²) >= 11 is 0. The molecule has 0 heterocycles. The monoisotopic (exact) mass is 499 g/mol. The molecule has 2 aromatic rings. The van der Waals surface area contributed by atoms with E-state index >= 15 is 0 Å². The Morgan fingerprint density at radius 2 is 1.81 bits per heavy atom. The van der Waals surface area contributed by atoms with Gasteiger partial charge in [0.1, 0.15) is 0 Å². The molecule has 5 nitrogen and oxygen atoms in total. The van der Waals surface area contributed by atoms with Crippen LogP contribution >= 0.6 is 24.0 Å². The number of hydrogen-bond acceptors (Lipinski definition) is 3. The van der Waals surface area contributed by atoms with Crippen molar-refractivity contribution < 1.29 is 8.42 Å². The molecule has 1 aliphatic rings. The van der Waals surface area contributed by atoms with Gasteiger partial charge in [-0.25, -0.2) is 13.4 Å². The minimum Gasteiger partial charge on any atom is -0.370 e. The van der Waals surface area contributed by atoms with Gasteiger partial charge in [0.05, 0.1) is 16.7 Å². The van der Waals surface area contributed by atoms with Crippen LogP contribution in [0.25, 0.3) is 0 Å². The van der Waals surface area contributed by atoms with Crippen LogP contribution < -0.4 is 11.1 Å². The topological polar surface area (TPSA) is 84.5 Å². The van der Waals surface area contributed by atoms with E-state index in [9.17, 15) is 8.42 Å². The number of benzene rings is 2. The molecule has 1 unspecified atom stereocenters. The molecule has 27 heavy (non-hydrogen) atoms. The first-order valence-corrected chi connectivity index (χ1v) is 10.5. The highest BCUT2D eigenvalue weighted by atomic mass is 127. The lowest BCUT2D eigenvalue weighted by atomic mass is 10.1. The van der Waals surface area contributed by atoms with Gasteiger partial charge < -0.3 is 11.1 Å². The number of nitrogens with zero attached hydrogens (tertiary/aromatic N) is 1. The Labute approximate surface area is 178 Å². The first kappa shape index (κ1) is 21.7. The Morgan fingerprint density at radius 3 is 2.52 bits per heavy atom. The Hall–Kier alpha value is -1.61. The number of fused-ring (bicyclic) bond motifs is 1. The molecular formula is C20H26IN3O2S. The van der Waals surface area contributed by atoms with Crippen LogP contribution in [0.4, 0.5) is 5.69 Å². The van der Waals surface area contributed by atoms with Crippen LogP contribution in [0.5, 0.6) is 0 Å². The van der Waals surface area contributed by atoms with Crippen molar-refractivity contribution in [3.8, 4) is 0 Å². The van der Waals surface area contributed by atoms with Gasteiger partial charge >= 0.3 is 0 Å². The number of rotatable bonds is 5. The highest BCUT2D eigenvalue weighted by Crippen LogP contribution is 2.24. The van der Waals surface area contributed by atoms with Crippen molar-refractivity contribution in [3.05, 3.63) is 59.2 Å². The Bertz CT molecular complexity index is 925. The zero-order chi connectivity index (χ0) is 18.7. The number of nitrogens with two attached hydrogens (primary N) is 1. The first-order valence-electron chi connectivity index (χ1n) is 8.85. The second-order valence-electron chi connectivity index (χ2n) is 6.92. The van der Waals surface area contributed by atoms with E-state index in [2.05, 4.69) is 22.4 Å². The number of aliphatic imine (C=N–C) groups is 1. The fourth-order valence-corrected chi connectivity index (χ4v) is 4.72. The number of nitrogens with one attached hydrogen (secondary N) is 1. The van der Waals surface area contributed by atoms with Crippen LogP contribution in [0.1, 0.15) is 30.0 Å². The largest absolute Gasteiger partial charge is 0.370 e. The molecule has 0 fully saturated rings. The van der Waals surface area contributed by atoms with Crippen LogP contribution in [-0.2, 0) is 22.7 Å². The molecule has 1 atom stereocenters. The van der Waals surface area contributed by atoms with Gasteiger partial charge in [0.2, 0.25) is 0 Å². The van der Waals surface area contributed by atoms with Crippen molar-refractivity contribution >= 4 is 45.5 Å². The van der Waals surface area contributed by atoms with E-state index in [-0.39, 0.29) is 35.7 Å². The SMILES string of the molecule is Cc1ccc(S(=O)(=O)CC(C)N=C(N)Nc2ccc3c(c2)CCC3)cc1.I. The molecule has 7 heteroatoms. The van der Waals surface area contributed by atoms with Crippen LogP contribution in [-0.4, -0.2) is 26.2 Å². The number of hydrogen-bond donors (Lipinski definition) is 2. The van der Waals surface area contributed by atoms with Crippen LogP contribution in [0.15, 0.2) is 52.4 Å². The summed E-state index contributed by atoms with van der Waals surface area (Å²) in [7, 11) is -3.39. The molecule has 0 saturated carbocycles. The molecule has 2 aromatic carbocycles. The number of halogens is 1. The first-order chi connectivity index (χ1) is 12.3. The maximum atomic E-state index is 12.5. The summed E-state index contributed by atoms with van der Waals surface area (Å²) in [6.07, 6.45) is 3.41. The smallest absolute Gasteiger partial charge is 0.193 e. The van der Waals surface area contributed by atoms with Crippen LogP contribution in [0.3, 0.4) is 0 Å². The van der Waals surface area contributed by atoms with Gasteiger partial charge in [-0.05, 0) is 68.5 Å².